The molecule has 2 heterocycles. The van der Waals surface area contributed by atoms with Crippen molar-refractivity contribution in [3.05, 3.63) is 59.3 Å². The molecular weight excluding hydrogens is 368 g/mol. The molecule has 1 aliphatic heterocycles. The Morgan fingerprint density at radius 1 is 1.04 bits per heavy atom. The number of benzene rings is 1. The standard InChI is InChI=1S/C20H21F2N3O3/c1-13(2)28-20(27)14-5-4-8-23-18(14)24-9-11-25(12-10-24)19(26)17-15(21)6-3-7-16(17)22/h3-8,13H,9-12H2,1-2H3. The fourth-order valence-corrected chi connectivity index (χ4v) is 3.07. The van der Waals surface area contributed by atoms with E-state index in [1.807, 2.05) is 4.90 Å². The van der Waals surface area contributed by atoms with Crippen LogP contribution in [0.25, 0.3) is 0 Å². The first-order chi connectivity index (χ1) is 13.4. The van der Waals surface area contributed by atoms with Crippen LogP contribution in [0.15, 0.2) is 36.5 Å². The largest absolute Gasteiger partial charge is 0.459 e. The Morgan fingerprint density at radius 2 is 1.68 bits per heavy atom. The van der Waals surface area contributed by atoms with E-state index in [1.165, 1.54) is 11.0 Å². The number of piperazine rings is 1. The molecule has 0 spiro atoms. The number of aromatic nitrogens is 1. The summed E-state index contributed by atoms with van der Waals surface area (Å²) in [7, 11) is 0. The van der Waals surface area contributed by atoms with Gasteiger partial charge in [0.05, 0.1) is 6.10 Å². The summed E-state index contributed by atoms with van der Waals surface area (Å²) in [6.07, 6.45) is 1.32. The molecule has 1 saturated heterocycles. The zero-order chi connectivity index (χ0) is 20.3. The number of carbonyl (C=O) groups is 2. The van der Waals surface area contributed by atoms with Gasteiger partial charge in [0.2, 0.25) is 0 Å². The van der Waals surface area contributed by atoms with E-state index in [0.29, 0.717) is 24.5 Å². The number of hydrogen-bond acceptors (Lipinski definition) is 5. The number of nitrogens with zero attached hydrogens (tertiary/aromatic N) is 3. The number of halogens is 2. The Labute approximate surface area is 161 Å². The zero-order valence-electron chi connectivity index (χ0n) is 15.7. The first-order valence-electron chi connectivity index (χ1n) is 9.02. The summed E-state index contributed by atoms with van der Waals surface area (Å²) < 4.78 is 33.0. The minimum atomic E-state index is -0.879. The van der Waals surface area contributed by atoms with Crippen molar-refractivity contribution in [1.82, 2.24) is 9.88 Å². The van der Waals surface area contributed by atoms with Gasteiger partial charge in [0.25, 0.3) is 5.91 Å². The maximum absolute atomic E-state index is 13.9. The van der Waals surface area contributed by atoms with E-state index in [2.05, 4.69) is 4.98 Å². The second-order valence-corrected chi connectivity index (χ2v) is 6.70. The molecule has 2 aromatic rings. The molecule has 0 unspecified atom stereocenters. The molecule has 1 aromatic carbocycles. The van der Waals surface area contributed by atoms with Crippen molar-refractivity contribution in [2.75, 3.05) is 31.1 Å². The van der Waals surface area contributed by atoms with Crippen molar-refractivity contribution in [3.8, 4) is 0 Å². The summed E-state index contributed by atoms with van der Waals surface area (Å²) in [5, 5.41) is 0. The lowest BCUT2D eigenvalue weighted by Crippen LogP contribution is -2.49. The monoisotopic (exact) mass is 389 g/mol. The van der Waals surface area contributed by atoms with E-state index < -0.39 is 29.1 Å². The molecule has 3 rings (SSSR count). The van der Waals surface area contributed by atoms with Crippen LogP contribution in [0.4, 0.5) is 14.6 Å². The Kier molecular flexibility index (Phi) is 5.87. The lowest BCUT2D eigenvalue weighted by Gasteiger charge is -2.36. The highest BCUT2D eigenvalue weighted by atomic mass is 19.1. The van der Waals surface area contributed by atoms with Gasteiger partial charge in [-0.1, -0.05) is 6.07 Å². The Morgan fingerprint density at radius 3 is 2.29 bits per heavy atom. The van der Waals surface area contributed by atoms with Gasteiger partial charge in [-0.3, -0.25) is 4.79 Å². The van der Waals surface area contributed by atoms with Gasteiger partial charge in [-0.25, -0.2) is 18.6 Å². The molecule has 1 amide bonds. The van der Waals surface area contributed by atoms with Crippen LogP contribution in [0.3, 0.4) is 0 Å². The van der Waals surface area contributed by atoms with Crippen LogP contribution in [-0.4, -0.2) is 54.0 Å². The van der Waals surface area contributed by atoms with Crippen molar-refractivity contribution in [3.63, 3.8) is 0 Å². The number of anilines is 1. The van der Waals surface area contributed by atoms with Gasteiger partial charge in [-0.15, -0.1) is 0 Å². The third-order valence-electron chi connectivity index (χ3n) is 4.39. The number of amides is 1. The first-order valence-corrected chi connectivity index (χ1v) is 9.02. The number of hydrogen-bond donors (Lipinski definition) is 0. The van der Waals surface area contributed by atoms with Crippen LogP contribution in [0.5, 0.6) is 0 Å². The molecule has 0 saturated carbocycles. The summed E-state index contributed by atoms with van der Waals surface area (Å²) in [6.45, 7) is 4.78. The molecule has 8 heteroatoms. The topological polar surface area (TPSA) is 62.7 Å². The predicted molar refractivity (Wildman–Crippen MR) is 99.3 cm³/mol. The predicted octanol–water partition coefficient (Wildman–Crippen LogP) is 2.89. The zero-order valence-corrected chi connectivity index (χ0v) is 15.7. The molecular formula is C20H21F2N3O3. The third-order valence-corrected chi connectivity index (χ3v) is 4.39. The van der Waals surface area contributed by atoms with E-state index in [1.54, 1.807) is 32.2 Å². The smallest absolute Gasteiger partial charge is 0.342 e. The van der Waals surface area contributed by atoms with Gasteiger partial charge in [0, 0.05) is 32.4 Å². The van der Waals surface area contributed by atoms with Crippen molar-refractivity contribution >= 4 is 17.7 Å². The average molecular weight is 389 g/mol. The fourth-order valence-electron chi connectivity index (χ4n) is 3.07. The van der Waals surface area contributed by atoms with E-state index >= 15 is 0 Å². The Balaban J connectivity index is 1.73. The number of pyridine rings is 1. The van der Waals surface area contributed by atoms with Gasteiger partial charge in [-0.05, 0) is 38.1 Å². The van der Waals surface area contributed by atoms with Crippen LogP contribution in [0, 0.1) is 11.6 Å². The van der Waals surface area contributed by atoms with Gasteiger partial charge in [0.1, 0.15) is 28.6 Å². The second kappa shape index (κ2) is 8.33. The van der Waals surface area contributed by atoms with Gasteiger partial charge in [0.15, 0.2) is 0 Å². The highest BCUT2D eigenvalue weighted by Gasteiger charge is 2.28. The van der Waals surface area contributed by atoms with Gasteiger partial charge >= 0.3 is 5.97 Å². The summed E-state index contributed by atoms with van der Waals surface area (Å²) in [6, 6.07) is 6.64. The number of carbonyl (C=O) groups excluding carboxylic acids is 2. The Bertz CT molecular complexity index is 860. The highest BCUT2D eigenvalue weighted by molar-refractivity contribution is 5.96. The quantitative estimate of drug-likeness (QED) is 0.753. The van der Waals surface area contributed by atoms with Crippen molar-refractivity contribution in [1.29, 1.82) is 0 Å². The maximum Gasteiger partial charge on any atom is 0.342 e. The summed E-state index contributed by atoms with van der Waals surface area (Å²) in [4.78, 5) is 32.4. The van der Waals surface area contributed by atoms with Crippen LogP contribution in [-0.2, 0) is 4.74 Å². The number of ether oxygens (including phenoxy) is 1. The highest BCUT2D eigenvalue weighted by Crippen LogP contribution is 2.22. The Hall–Kier alpha value is -3.03. The SMILES string of the molecule is CC(C)OC(=O)c1cccnc1N1CCN(C(=O)c2c(F)cccc2F)CC1. The van der Waals surface area contributed by atoms with Crippen LogP contribution in [0.1, 0.15) is 34.6 Å². The van der Waals surface area contributed by atoms with E-state index in [0.717, 1.165) is 12.1 Å². The van der Waals surface area contributed by atoms with Crippen LogP contribution in [0.2, 0.25) is 0 Å². The molecule has 28 heavy (non-hydrogen) atoms. The normalized spacial score (nSPS) is 14.3. The second-order valence-electron chi connectivity index (χ2n) is 6.70. The van der Waals surface area contributed by atoms with Crippen LogP contribution < -0.4 is 4.90 Å². The molecule has 0 bridgehead atoms. The number of rotatable bonds is 4. The minimum absolute atomic E-state index is 0.252. The first kappa shape index (κ1) is 19.7. The van der Waals surface area contributed by atoms with Crippen LogP contribution >= 0.6 is 0 Å². The fraction of sp³-hybridized carbons (Fsp3) is 0.350. The summed E-state index contributed by atoms with van der Waals surface area (Å²) >= 11 is 0. The molecule has 0 atom stereocenters. The minimum Gasteiger partial charge on any atom is -0.459 e. The van der Waals surface area contributed by atoms with Gasteiger partial charge in [-0.2, -0.15) is 0 Å². The molecule has 6 nitrogen and oxygen atoms in total. The third kappa shape index (κ3) is 4.11. The average Bonchev–Trinajstić information content (AvgIpc) is 2.67. The molecule has 1 aliphatic rings. The molecule has 1 aromatic heterocycles. The lowest BCUT2D eigenvalue weighted by atomic mass is 10.1. The molecule has 1 fully saturated rings. The van der Waals surface area contributed by atoms with Crippen molar-refractivity contribution in [2.24, 2.45) is 0 Å². The maximum atomic E-state index is 13.9. The molecule has 148 valence electrons. The van der Waals surface area contributed by atoms with E-state index in [9.17, 15) is 18.4 Å². The lowest BCUT2D eigenvalue weighted by molar-refractivity contribution is 0.0377. The summed E-state index contributed by atoms with van der Waals surface area (Å²) in [5.41, 5.74) is -0.203. The van der Waals surface area contributed by atoms with E-state index in [-0.39, 0.29) is 19.2 Å². The van der Waals surface area contributed by atoms with Gasteiger partial charge < -0.3 is 14.5 Å². The number of esters is 1. The summed E-state index contributed by atoms with van der Waals surface area (Å²) in [5.74, 6) is -2.44. The van der Waals surface area contributed by atoms with E-state index in [4.69, 9.17) is 4.74 Å². The molecule has 0 aliphatic carbocycles. The van der Waals surface area contributed by atoms with Crippen molar-refractivity contribution < 1.29 is 23.1 Å². The molecule has 0 N–H and O–H groups in total. The van der Waals surface area contributed by atoms with Crippen molar-refractivity contribution in [2.45, 2.75) is 20.0 Å². The molecule has 0 radical (unpaired) electrons.